The second kappa shape index (κ2) is 6.10. The zero-order chi connectivity index (χ0) is 11.2. The average Bonchev–Trinajstić information content (AvgIpc) is 2.94. The SMILES string of the molecule is COCCNCc1cc(-c2cccs2)ns1. The number of hydrogen-bond donors (Lipinski definition) is 1. The molecule has 2 rings (SSSR count). The van der Waals surface area contributed by atoms with Gasteiger partial charge in [0.1, 0.15) is 0 Å². The topological polar surface area (TPSA) is 34.1 Å². The average molecular weight is 254 g/mol. The van der Waals surface area contributed by atoms with Gasteiger partial charge in [-0.1, -0.05) is 6.07 Å². The van der Waals surface area contributed by atoms with Crippen LogP contribution in [0.4, 0.5) is 0 Å². The van der Waals surface area contributed by atoms with Crippen molar-refractivity contribution in [2.45, 2.75) is 6.54 Å². The van der Waals surface area contributed by atoms with Crippen molar-refractivity contribution in [2.75, 3.05) is 20.3 Å². The normalized spacial score (nSPS) is 10.8. The van der Waals surface area contributed by atoms with E-state index in [4.69, 9.17) is 4.74 Å². The predicted octanol–water partition coefficient (Wildman–Crippen LogP) is 2.61. The molecular weight excluding hydrogens is 240 g/mol. The maximum atomic E-state index is 4.97. The maximum absolute atomic E-state index is 4.97. The van der Waals surface area contributed by atoms with Crippen molar-refractivity contribution in [2.24, 2.45) is 0 Å². The Balaban J connectivity index is 1.88. The Labute approximate surface area is 103 Å². The van der Waals surface area contributed by atoms with Gasteiger partial charge in [-0.25, -0.2) is 0 Å². The molecule has 3 nitrogen and oxygen atoms in total. The van der Waals surface area contributed by atoms with E-state index in [2.05, 4.69) is 33.3 Å². The monoisotopic (exact) mass is 254 g/mol. The number of ether oxygens (including phenoxy) is 1. The summed E-state index contributed by atoms with van der Waals surface area (Å²) in [7, 11) is 1.71. The number of nitrogens with zero attached hydrogens (tertiary/aromatic N) is 1. The number of aromatic nitrogens is 1. The molecule has 1 N–H and O–H groups in total. The van der Waals surface area contributed by atoms with Gasteiger partial charge >= 0.3 is 0 Å². The molecule has 0 atom stereocenters. The molecule has 0 aromatic carbocycles. The Hall–Kier alpha value is -0.750. The predicted molar refractivity (Wildman–Crippen MR) is 69.0 cm³/mol. The van der Waals surface area contributed by atoms with E-state index in [-0.39, 0.29) is 0 Å². The molecule has 5 heteroatoms. The van der Waals surface area contributed by atoms with Gasteiger partial charge in [0, 0.05) is 25.1 Å². The van der Waals surface area contributed by atoms with Gasteiger partial charge in [-0.15, -0.1) is 11.3 Å². The fourth-order valence-electron chi connectivity index (χ4n) is 1.32. The summed E-state index contributed by atoms with van der Waals surface area (Å²) in [5.74, 6) is 0. The lowest BCUT2D eigenvalue weighted by molar-refractivity contribution is 0.199. The molecule has 2 aromatic heterocycles. The Morgan fingerprint density at radius 2 is 2.44 bits per heavy atom. The molecule has 0 amide bonds. The highest BCUT2D eigenvalue weighted by Crippen LogP contribution is 2.25. The van der Waals surface area contributed by atoms with Crippen molar-refractivity contribution in [1.29, 1.82) is 0 Å². The van der Waals surface area contributed by atoms with Gasteiger partial charge in [-0.3, -0.25) is 0 Å². The number of thiophene rings is 1. The summed E-state index contributed by atoms with van der Waals surface area (Å²) in [5, 5.41) is 5.38. The quantitative estimate of drug-likeness (QED) is 0.805. The van der Waals surface area contributed by atoms with Gasteiger partial charge in [0.25, 0.3) is 0 Å². The maximum Gasteiger partial charge on any atom is 0.0943 e. The van der Waals surface area contributed by atoms with Gasteiger partial charge in [0.15, 0.2) is 0 Å². The van der Waals surface area contributed by atoms with Gasteiger partial charge in [-0.05, 0) is 29.0 Å². The molecule has 0 spiro atoms. The fourth-order valence-corrected chi connectivity index (χ4v) is 2.76. The third kappa shape index (κ3) is 3.12. The van der Waals surface area contributed by atoms with Gasteiger partial charge in [-0.2, -0.15) is 4.37 Å². The lowest BCUT2D eigenvalue weighted by Crippen LogP contribution is -2.17. The van der Waals surface area contributed by atoms with Crippen LogP contribution in [0.15, 0.2) is 23.6 Å². The molecule has 0 saturated heterocycles. The number of nitrogens with one attached hydrogen (secondary N) is 1. The van der Waals surface area contributed by atoms with E-state index in [1.165, 1.54) is 9.75 Å². The van der Waals surface area contributed by atoms with Gasteiger partial charge < -0.3 is 10.1 Å². The molecule has 0 fully saturated rings. The minimum atomic E-state index is 0.747. The minimum Gasteiger partial charge on any atom is -0.383 e. The van der Waals surface area contributed by atoms with E-state index in [1.807, 2.05) is 0 Å². The summed E-state index contributed by atoms with van der Waals surface area (Å²) in [6.07, 6.45) is 0. The van der Waals surface area contributed by atoms with Crippen LogP contribution in [0.3, 0.4) is 0 Å². The van der Waals surface area contributed by atoms with Crippen LogP contribution in [0.1, 0.15) is 4.88 Å². The number of hydrogen-bond acceptors (Lipinski definition) is 5. The molecule has 0 aliphatic heterocycles. The highest BCUT2D eigenvalue weighted by Gasteiger charge is 2.04. The van der Waals surface area contributed by atoms with Crippen LogP contribution in [0.25, 0.3) is 10.6 Å². The van der Waals surface area contributed by atoms with Crippen molar-refractivity contribution in [3.05, 3.63) is 28.5 Å². The summed E-state index contributed by atoms with van der Waals surface area (Å²) in [6.45, 7) is 2.49. The first kappa shape index (κ1) is 11.7. The molecular formula is C11H14N2OS2. The summed E-state index contributed by atoms with van der Waals surface area (Å²) >= 11 is 3.28. The van der Waals surface area contributed by atoms with Crippen LogP contribution >= 0.6 is 22.9 Å². The van der Waals surface area contributed by atoms with Crippen LogP contribution in [0, 0.1) is 0 Å². The van der Waals surface area contributed by atoms with E-state index in [0.717, 1.165) is 25.4 Å². The lowest BCUT2D eigenvalue weighted by atomic mass is 10.3. The molecule has 0 aliphatic carbocycles. The smallest absolute Gasteiger partial charge is 0.0943 e. The van der Waals surface area contributed by atoms with Crippen molar-refractivity contribution < 1.29 is 4.74 Å². The standard InChI is InChI=1S/C11H14N2OS2/c1-14-5-4-12-8-9-7-10(13-16-9)11-3-2-6-15-11/h2-3,6-7,12H,4-5,8H2,1H3. The van der Waals surface area contributed by atoms with Crippen LogP contribution < -0.4 is 5.32 Å². The zero-order valence-corrected chi connectivity index (χ0v) is 10.7. The summed E-state index contributed by atoms with van der Waals surface area (Å²) in [4.78, 5) is 2.50. The van der Waals surface area contributed by atoms with Crippen molar-refractivity contribution in [3.63, 3.8) is 0 Å². The van der Waals surface area contributed by atoms with Crippen LogP contribution in [0.2, 0.25) is 0 Å². The van der Waals surface area contributed by atoms with E-state index < -0.39 is 0 Å². The highest BCUT2D eigenvalue weighted by molar-refractivity contribution is 7.13. The van der Waals surface area contributed by atoms with Crippen LogP contribution in [-0.4, -0.2) is 24.6 Å². The largest absolute Gasteiger partial charge is 0.383 e. The molecule has 0 bridgehead atoms. The minimum absolute atomic E-state index is 0.747. The Morgan fingerprint density at radius 3 is 3.19 bits per heavy atom. The Kier molecular flexibility index (Phi) is 4.47. The zero-order valence-electron chi connectivity index (χ0n) is 9.10. The first-order valence-electron chi connectivity index (χ1n) is 5.09. The Bertz CT molecular complexity index is 411. The molecule has 2 aromatic rings. The summed E-state index contributed by atoms with van der Waals surface area (Å²) < 4.78 is 9.41. The van der Waals surface area contributed by atoms with E-state index in [9.17, 15) is 0 Å². The van der Waals surface area contributed by atoms with E-state index in [1.54, 1.807) is 30.0 Å². The second-order valence-electron chi connectivity index (χ2n) is 3.33. The molecule has 0 saturated carbocycles. The highest BCUT2D eigenvalue weighted by atomic mass is 32.1. The van der Waals surface area contributed by atoms with Crippen LogP contribution in [0.5, 0.6) is 0 Å². The third-order valence-corrected chi connectivity index (χ3v) is 3.79. The summed E-state index contributed by atoms with van der Waals surface area (Å²) in [5.41, 5.74) is 1.09. The van der Waals surface area contributed by atoms with Crippen molar-refractivity contribution >= 4 is 22.9 Å². The molecule has 2 heterocycles. The molecule has 86 valence electrons. The first-order valence-corrected chi connectivity index (χ1v) is 6.74. The van der Waals surface area contributed by atoms with Gasteiger partial charge in [0.05, 0.1) is 17.2 Å². The Morgan fingerprint density at radius 1 is 1.50 bits per heavy atom. The number of rotatable bonds is 6. The van der Waals surface area contributed by atoms with Crippen molar-refractivity contribution in [3.8, 4) is 10.6 Å². The van der Waals surface area contributed by atoms with E-state index in [0.29, 0.717) is 0 Å². The molecule has 0 aliphatic rings. The molecule has 0 unspecified atom stereocenters. The lowest BCUT2D eigenvalue weighted by Gasteiger charge is -2.00. The first-order chi connectivity index (χ1) is 7.90. The summed E-state index contributed by atoms with van der Waals surface area (Å²) in [6, 6.07) is 6.30. The fraction of sp³-hybridized carbons (Fsp3) is 0.364. The molecule has 16 heavy (non-hydrogen) atoms. The van der Waals surface area contributed by atoms with Gasteiger partial charge in [0.2, 0.25) is 0 Å². The van der Waals surface area contributed by atoms with Crippen molar-refractivity contribution in [1.82, 2.24) is 9.69 Å². The third-order valence-electron chi connectivity index (χ3n) is 2.11. The second-order valence-corrected chi connectivity index (χ2v) is 5.16. The van der Waals surface area contributed by atoms with Crippen LogP contribution in [-0.2, 0) is 11.3 Å². The number of methoxy groups -OCH3 is 1. The molecule has 0 radical (unpaired) electrons. The van der Waals surface area contributed by atoms with E-state index >= 15 is 0 Å².